The summed E-state index contributed by atoms with van der Waals surface area (Å²) in [5.74, 6) is 0.843. The Morgan fingerprint density at radius 1 is 1.30 bits per heavy atom. The normalized spacial score (nSPS) is 9.65. The average molecular weight is 268 g/mol. The molecule has 0 atom stereocenters. The third-order valence-corrected chi connectivity index (χ3v) is 2.67. The molecule has 100 valence electrons. The first kappa shape index (κ1) is 13.6. The fourth-order valence-electron chi connectivity index (χ4n) is 1.72. The first-order valence-corrected chi connectivity index (χ1v) is 5.87. The van der Waals surface area contributed by atoms with Crippen molar-refractivity contribution in [2.45, 2.75) is 6.92 Å². The highest BCUT2D eigenvalue weighted by atomic mass is 16.5. The summed E-state index contributed by atoms with van der Waals surface area (Å²) >= 11 is 0. The molecule has 5 nitrogen and oxygen atoms in total. The van der Waals surface area contributed by atoms with Crippen molar-refractivity contribution < 1.29 is 14.3 Å². The summed E-state index contributed by atoms with van der Waals surface area (Å²) in [7, 11) is 1.45. The Kier molecular flexibility index (Phi) is 3.96. The van der Waals surface area contributed by atoms with Crippen molar-refractivity contribution in [1.29, 1.82) is 5.26 Å². The van der Waals surface area contributed by atoms with E-state index in [0.29, 0.717) is 28.9 Å². The molecule has 0 bridgehead atoms. The van der Waals surface area contributed by atoms with Gasteiger partial charge in [0.15, 0.2) is 17.8 Å². The zero-order chi connectivity index (χ0) is 14.5. The van der Waals surface area contributed by atoms with Gasteiger partial charge in [0, 0.05) is 5.69 Å². The molecule has 0 fully saturated rings. The number of nitriles is 1. The van der Waals surface area contributed by atoms with Crippen molar-refractivity contribution in [3.8, 4) is 23.4 Å². The van der Waals surface area contributed by atoms with Crippen LogP contribution in [-0.4, -0.2) is 18.4 Å². The molecule has 0 saturated carbocycles. The van der Waals surface area contributed by atoms with E-state index in [4.69, 9.17) is 14.7 Å². The molecule has 0 saturated heterocycles. The number of hydrogen-bond donors (Lipinski definition) is 0. The van der Waals surface area contributed by atoms with Crippen LogP contribution >= 0.6 is 0 Å². The fraction of sp³-hybridized carbons (Fsp3) is 0.133. The van der Waals surface area contributed by atoms with Gasteiger partial charge in [-0.3, -0.25) is 4.79 Å². The molecule has 0 amide bonds. The van der Waals surface area contributed by atoms with E-state index in [1.54, 1.807) is 37.3 Å². The number of carbonyl (C=O) groups is 1. The van der Waals surface area contributed by atoms with Crippen molar-refractivity contribution in [3.05, 3.63) is 47.2 Å². The summed E-state index contributed by atoms with van der Waals surface area (Å²) in [5.41, 5.74) is 1.41. The molecule has 2 rings (SSSR count). The van der Waals surface area contributed by atoms with E-state index in [-0.39, 0.29) is 5.88 Å². The maximum atomic E-state index is 11.0. The molecule has 1 heterocycles. The molecule has 0 aliphatic heterocycles. The molecule has 0 aliphatic rings. The van der Waals surface area contributed by atoms with Gasteiger partial charge in [0.2, 0.25) is 5.88 Å². The van der Waals surface area contributed by atoms with Gasteiger partial charge in [-0.25, -0.2) is 4.98 Å². The van der Waals surface area contributed by atoms with Gasteiger partial charge in [-0.05, 0) is 31.2 Å². The lowest BCUT2D eigenvalue weighted by atomic mass is 10.2. The van der Waals surface area contributed by atoms with E-state index >= 15 is 0 Å². The van der Waals surface area contributed by atoms with Gasteiger partial charge in [0.25, 0.3) is 0 Å². The second-order valence-corrected chi connectivity index (χ2v) is 4.02. The van der Waals surface area contributed by atoms with Gasteiger partial charge in [-0.2, -0.15) is 5.26 Å². The smallest absolute Gasteiger partial charge is 0.237 e. The monoisotopic (exact) mass is 268 g/mol. The molecule has 0 radical (unpaired) electrons. The van der Waals surface area contributed by atoms with E-state index in [0.717, 1.165) is 5.69 Å². The van der Waals surface area contributed by atoms with Crippen LogP contribution in [0.2, 0.25) is 0 Å². The van der Waals surface area contributed by atoms with Crippen LogP contribution in [0.1, 0.15) is 21.6 Å². The molecule has 5 heteroatoms. The topological polar surface area (TPSA) is 72.2 Å². The number of rotatable bonds is 4. The fourth-order valence-corrected chi connectivity index (χ4v) is 1.72. The first-order chi connectivity index (χ1) is 9.69. The van der Waals surface area contributed by atoms with Crippen molar-refractivity contribution >= 4 is 6.29 Å². The third kappa shape index (κ3) is 2.59. The van der Waals surface area contributed by atoms with Gasteiger partial charge in [-0.1, -0.05) is 6.07 Å². The molecule has 0 unspecified atom stereocenters. The summed E-state index contributed by atoms with van der Waals surface area (Å²) in [6.07, 6.45) is 0.681. The number of aldehydes is 1. The van der Waals surface area contributed by atoms with E-state index in [9.17, 15) is 4.79 Å². The quantitative estimate of drug-likeness (QED) is 0.797. The van der Waals surface area contributed by atoms with Crippen LogP contribution in [0.25, 0.3) is 0 Å². The number of ether oxygens (including phenoxy) is 2. The van der Waals surface area contributed by atoms with Gasteiger partial charge in [0.05, 0.1) is 12.7 Å². The highest BCUT2D eigenvalue weighted by Gasteiger charge is 2.13. The standard InChI is InChI=1S/C15H12N2O3/c1-10-6-7-11(8-16)15(17-10)20-13-5-3-4-12(9-18)14(13)19-2/h3-7,9H,1-2H3. The van der Waals surface area contributed by atoms with E-state index < -0.39 is 0 Å². The number of aromatic nitrogens is 1. The van der Waals surface area contributed by atoms with Gasteiger partial charge >= 0.3 is 0 Å². The lowest BCUT2D eigenvalue weighted by Gasteiger charge is -2.12. The second kappa shape index (κ2) is 5.85. The lowest BCUT2D eigenvalue weighted by Crippen LogP contribution is -1.98. The first-order valence-electron chi connectivity index (χ1n) is 5.87. The Hall–Kier alpha value is -2.87. The predicted molar refractivity (Wildman–Crippen MR) is 72.1 cm³/mol. The summed E-state index contributed by atoms with van der Waals surface area (Å²) < 4.78 is 10.8. The highest BCUT2D eigenvalue weighted by molar-refractivity contribution is 5.81. The minimum absolute atomic E-state index is 0.189. The van der Waals surface area contributed by atoms with Crippen LogP contribution < -0.4 is 9.47 Å². The van der Waals surface area contributed by atoms with Crippen molar-refractivity contribution in [3.63, 3.8) is 0 Å². The Labute approximate surface area is 116 Å². The maximum absolute atomic E-state index is 11.0. The van der Waals surface area contributed by atoms with Crippen LogP contribution in [0.4, 0.5) is 0 Å². The molecule has 2 aromatic rings. The Morgan fingerprint density at radius 3 is 2.75 bits per heavy atom. The predicted octanol–water partition coefficient (Wildman–Crippen LogP) is 2.88. The number of nitrogens with zero attached hydrogens (tertiary/aromatic N) is 2. The number of para-hydroxylation sites is 1. The minimum atomic E-state index is 0.189. The van der Waals surface area contributed by atoms with Crippen LogP contribution in [0.3, 0.4) is 0 Å². The zero-order valence-corrected chi connectivity index (χ0v) is 11.1. The second-order valence-electron chi connectivity index (χ2n) is 4.02. The Bertz CT molecular complexity index is 690. The van der Waals surface area contributed by atoms with E-state index in [2.05, 4.69) is 4.98 Å². The number of pyridine rings is 1. The Morgan fingerprint density at radius 2 is 2.10 bits per heavy atom. The molecular weight excluding hydrogens is 256 g/mol. The van der Waals surface area contributed by atoms with Crippen LogP contribution in [0.15, 0.2) is 30.3 Å². The molecule has 0 N–H and O–H groups in total. The summed E-state index contributed by atoms with van der Waals surface area (Å²) in [6, 6.07) is 10.3. The number of methoxy groups -OCH3 is 1. The summed E-state index contributed by atoms with van der Waals surface area (Å²) in [5, 5.41) is 9.06. The van der Waals surface area contributed by atoms with Gasteiger partial charge in [-0.15, -0.1) is 0 Å². The largest absolute Gasteiger partial charge is 0.492 e. The summed E-state index contributed by atoms with van der Waals surface area (Å²) in [6.45, 7) is 1.80. The number of hydrogen-bond acceptors (Lipinski definition) is 5. The van der Waals surface area contributed by atoms with E-state index in [1.165, 1.54) is 7.11 Å². The van der Waals surface area contributed by atoms with Crippen molar-refractivity contribution in [1.82, 2.24) is 4.98 Å². The average Bonchev–Trinajstić information content (AvgIpc) is 2.47. The number of aryl methyl sites for hydroxylation is 1. The molecular formula is C15H12N2O3. The third-order valence-electron chi connectivity index (χ3n) is 2.67. The van der Waals surface area contributed by atoms with Gasteiger partial charge < -0.3 is 9.47 Å². The van der Waals surface area contributed by atoms with Gasteiger partial charge in [0.1, 0.15) is 11.6 Å². The highest BCUT2D eigenvalue weighted by Crippen LogP contribution is 2.34. The molecule has 0 spiro atoms. The molecule has 0 aliphatic carbocycles. The minimum Gasteiger partial charge on any atom is -0.492 e. The molecule has 1 aromatic carbocycles. The van der Waals surface area contributed by atoms with Crippen LogP contribution in [0, 0.1) is 18.3 Å². The van der Waals surface area contributed by atoms with Crippen molar-refractivity contribution in [2.75, 3.05) is 7.11 Å². The SMILES string of the molecule is COc1c(C=O)cccc1Oc1nc(C)ccc1C#N. The van der Waals surface area contributed by atoms with Crippen molar-refractivity contribution in [2.24, 2.45) is 0 Å². The number of benzene rings is 1. The molecule has 1 aromatic heterocycles. The van der Waals surface area contributed by atoms with Crippen LogP contribution in [-0.2, 0) is 0 Å². The van der Waals surface area contributed by atoms with E-state index in [1.807, 2.05) is 6.07 Å². The molecule has 20 heavy (non-hydrogen) atoms. The van der Waals surface area contributed by atoms with Crippen LogP contribution in [0.5, 0.6) is 17.4 Å². The lowest BCUT2D eigenvalue weighted by molar-refractivity contribution is 0.112. The Balaban J connectivity index is 2.48. The zero-order valence-electron chi connectivity index (χ0n) is 11.1. The maximum Gasteiger partial charge on any atom is 0.237 e. The number of carbonyl (C=O) groups excluding carboxylic acids is 1. The summed E-state index contributed by atoms with van der Waals surface area (Å²) in [4.78, 5) is 15.1.